The zero-order valence-electron chi connectivity index (χ0n) is 13.5. The van der Waals surface area contributed by atoms with Gasteiger partial charge in [-0.1, -0.05) is 17.7 Å². The first-order valence-corrected chi connectivity index (χ1v) is 7.83. The maximum absolute atomic E-state index is 6.45. The van der Waals surface area contributed by atoms with E-state index in [2.05, 4.69) is 10.2 Å². The predicted molar refractivity (Wildman–Crippen MR) is 93.7 cm³/mol. The molecule has 0 saturated carbocycles. The number of nitrogens with zero attached hydrogens (tertiary/aromatic N) is 1. The third-order valence-electron chi connectivity index (χ3n) is 4.16. The number of piperidine rings is 1. The third-order valence-corrected chi connectivity index (χ3v) is 4.57. The number of halogens is 2. The van der Waals surface area contributed by atoms with Gasteiger partial charge in [0.15, 0.2) is 11.5 Å². The highest BCUT2D eigenvalue weighted by Crippen LogP contribution is 2.38. The monoisotopic (exact) mass is 348 g/mol. The molecule has 1 saturated heterocycles. The molecule has 0 aliphatic carbocycles. The van der Waals surface area contributed by atoms with Gasteiger partial charge < -0.3 is 14.8 Å². The van der Waals surface area contributed by atoms with Gasteiger partial charge >= 0.3 is 0 Å². The van der Waals surface area contributed by atoms with Crippen LogP contribution < -0.4 is 14.8 Å². The largest absolute Gasteiger partial charge is 0.493 e. The summed E-state index contributed by atoms with van der Waals surface area (Å²) < 4.78 is 10.6. The van der Waals surface area contributed by atoms with E-state index in [0.717, 1.165) is 37.7 Å². The molecule has 2 rings (SSSR count). The number of methoxy groups -OCH3 is 2. The average molecular weight is 349 g/mol. The fourth-order valence-corrected chi connectivity index (χ4v) is 3.22. The molecule has 0 spiro atoms. The number of hydrogen-bond donors (Lipinski definition) is 1. The molecule has 6 heteroatoms. The Labute approximate surface area is 144 Å². The molecular weight excluding hydrogens is 323 g/mol. The Morgan fingerprint density at radius 1 is 1.23 bits per heavy atom. The van der Waals surface area contributed by atoms with Gasteiger partial charge in [0.25, 0.3) is 0 Å². The fraction of sp³-hybridized carbons (Fsp3) is 0.625. The van der Waals surface area contributed by atoms with Crippen LogP contribution in [0.4, 0.5) is 0 Å². The minimum absolute atomic E-state index is 0. The Morgan fingerprint density at radius 2 is 1.91 bits per heavy atom. The smallest absolute Gasteiger partial charge is 0.179 e. The van der Waals surface area contributed by atoms with Gasteiger partial charge in [-0.05, 0) is 57.1 Å². The van der Waals surface area contributed by atoms with Crippen LogP contribution in [0.1, 0.15) is 18.4 Å². The maximum Gasteiger partial charge on any atom is 0.179 e. The third kappa shape index (κ3) is 4.66. The number of ether oxygens (including phenoxy) is 2. The number of benzene rings is 1. The van der Waals surface area contributed by atoms with Crippen molar-refractivity contribution in [3.8, 4) is 11.5 Å². The summed E-state index contributed by atoms with van der Waals surface area (Å²) >= 11 is 6.45. The van der Waals surface area contributed by atoms with Crippen molar-refractivity contribution in [2.75, 3.05) is 40.9 Å². The highest BCUT2D eigenvalue weighted by Gasteiger charge is 2.20. The molecule has 1 aromatic carbocycles. The maximum atomic E-state index is 6.45. The van der Waals surface area contributed by atoms with Crippen molar-refractivity contribution < 1.29 is 9.47 Å². The van der Waals surface area contributed by atoms with Crippen LogP contribution in [-0.2, 0) is 6.54 Å². The van der Waals surface area contributed by atoms with E-state index in [1.54, 1.807) is 14.2 Å². The quantitative estimate of drug-likeness (QED) is 0.855. The molecule has 126 valence electrons. The summed E-state index contributed by atoms with van der Waals surface area (Å²) in [5.74, 6) is 2.10. The standard InChI is InChI=1S/C16H25ClN2O2.ClH/c1-18-10-12-6-8-19(9-7-12)11-13-4-5-14(20-2)16(21-3)15(13)17;/h4-5,12,18H,6-11H2,1-3H3;1H. The molecule has 0 radical (unpaired) electrons. The lowest BCUT2D eigenvalue weighted by molar-refractivity contribution is 0.176. The highest BCUT2D eigenvalue weighted by atomic mass is 35.5. The van der Waals surface area contributed by atoms with Gasteiger partial charge in [0.05, 0.1) is 19.2 Å². The van der Waals surface area contributed by atoms with Crippen LogP contribution in [0.3, 0.4) is 0 Å². The zero-order chi connectivity index (χ0) is 15.2. The minimum atomic E-state index is 0. The lowest BCUT2D eigenvalue weighted by atomic mass is 9.96. The lowest BCUT2D eigenvalue weighted by Crippen LogP contribution is -2.36. The van der Waals surface area contributed by atoms with Crippen molar-refractivity contribution in [1.82, 2.24) is 10.2 Å². The molecule has 22 heavy (non-hydrogen) atoms. The normalized spacial score (nSPS) is 16.2. The molecule has 0 bridgehead atoms. The summed E-state index contributed by atoms with van der Waals surface area (Å²) in [5, 5.41) is 3.93. The van der Waals surface area contributed by atoms with Crippen LogP contribution in [-0.4, -0.2) is 45.8 Å². The second kappa shape index (κ2) is 9.46. The van der Waals surface area contributed by atoms with Gasteiger partial charge in [-0.25, -0.2) is 0 Å². The van der Waals surface area contributed by atoms with Crippen molar-refractivity contribution >= 4 is 24.0 Å². The van der Waals surface area contributed by atoms with E-state index in [1.807, 2.05) is 19.2 Å². The molecule has 1 N–H and O–H groups in total. The Hall–Kier alpha value is -0.680. The molecule has 0 atom stereocenters. The van der Waals surface area contributed by atoms with E-state index in [-0.39, 0.29) is 12.4 Å². The van der Waals surface area contributed by atoms with E-state index < -0.39 is 0 Å². The van der Waals surface area contributed by atoms with Crippen molar-refractivity contribution in [3.63, 3.8) is 0 Å². The van der Waals surface area contributed by atoms with E-state index in [1.165, 1.54) is 12.8 Å². The molecule has 1 aliphatic rings. The van der Waals surface area contributed by atoms with Gasteiger partial charge in [-0.15, -0.1) is 12.4 Å². The molecule has 0 amide bonds. The fourth-order valence-electron chi connectivity index (χ4n) is 2.93. The van der Waals surface area contributed by atoms with E-state index in [0.29, 0.717) is 16.5 Å². The number of rotatable bonds is 6. The molecule has 1 fully saturated rings. The van der Waals surface area contributed by atoms with E-state index in [4.69, 9.17) is 21.1 Å². The molecule has 1 aliphatic heterocycles. The number of likely N-dealkylation sites (tertiary alicyclic amines) is 1. The van der Waals surface area contributed by atoms with Gasteiger partial charge in [0.1, 0.15) is 0 Å². The highest BCUT2D eigenvalue weighted by molar-refractivity contribution is 6.33. The molecule has 1 aromatic rings. The van der Waals surface area contributed by atoms with Gasteiger partial charge in [-0.2, -0.15) is 0 Å². The molecule has 0 unspecified atom stereocenters. The lowest BCUT2D eigenvalue weighted by Gasteiger charge is -2.32. The second-order valence-electron chi connectivity index (χ2n) is 5.55. The van der Waals surface area contributed by atoms with E-state index >= 15 is 0 Å². The van der Waals surface area contributed by atoms with Gasteiger partial charge in [-0.3, -0.25) is 4.90 Å². The SMILES string of the molecule is CNCC1CCN(Cc2ccc(OC)c(OC)c2Cl)CC1.Cl. The summed E-state index contributed by atoms with van der Waals surface area (Å²) in [7, 11) is 5.27. The van der Waals surface area contributed by atoms with Gasteiger partial charge in [0, 0.05) is 6.54 Å². The summed E-state index contributed by atoms with van der Waals surface area (Å²) in [6.07, 6.45) is 2.48. The number of nitrogens with one attached hydrogen (secondary N) is 1. The van der Waals surface area contributed by atoms with Crippen LogP contribution in [0.15, 0.2) is 12.1 Å². The Kier molecular flexibility index (Phi) is 8.33. The van der Waals surface area contributed by atoms with Crippen LogP contribution in [0.25, 0.3) is 0 Å². The second-order valence-corrected chi connectivity index (χ2v) is 5.93. The van der Waals surface area contributed by atoms with Crippen LogP contribution in [0, 0.1) is 5.92 Å². The predicted octanol–water partition coefficient (Wildman–Crippen LogP) is 3.21. The van der Waals surface area contributed by atoms with Crippen LogP contribution >= 0.6 is 24.0 Å². The first-order chi connectivity index (χ1) is 10.2. The molecule has 4 nitrogen and oxygen atoms in total. The summed E-state index contributed by atoms with van der Waals surface area (Å²) in [6.45, 7) is 4.23. The van der Waals surface area contributed by atoms with Crippen molar-refractivity contribution in [3.05, 3.63) is 22.7 Å². The van der Waals surface area contributed by atoms with Crippen molar-refractivity contribution in [2.24, 2.45) is 5.92 Å². The first-order valence-electron chi connectivity index (χ1n) is 7.45. The average Bonchev–Trinajstić information content (AvgIpc) is 2.51. The number of hydrogen-bond acceptors (Lipinski definition) is 4. The first kappa shape index (κ1) is 19.4. The Bertz CT molecular complexity index is 464. The zero-order valence-corrected chi connectivity index (χ0v) is 15.1. The Morgan fingerprint density at radius 3 is 2.45 bits per heavy atom. The molecule has 0 aromatic heterocycles. The molecule has 1 heterocycles. The Balaban J connectivity index is 0.00000242. The van der Waals surface area contributed by atoms with E-state index in [9.17, 15) is 0 Å². The molecular formula is C16H26Cl2N2O2. The van der Waals surface area contributed by atoms with Gasteiger partial charge in [0.2, 0.25) is 0 Å². The van der Waals surface area contributed by atoms with Crippen molar-refractivity contribution in [2.45, 2.75) is 19.4 Å². The van der Waals surface area contributed by atoms with Crippen LogP contribution in [0.5, 0.6) is 11.5 Å². The van der Waals surface area contributed by atoms with Crippen LogP contribution in [0.2, 0.25) is 5.02 Å². The summed E-state index contributed by atoms with van der Waals surface area (Å²) in [4.78, 5) is 2.46. The minimum Gasteiger partial charge on any atom is -0.493 e. The summed E-state index contributed by atoms with van der Waals surface area (Å²) in [5.41, 5.74) is 1.10. The summed E-state index contributed by atoms with van der Waals surface area (Å²) in [6, 6.07) is 3.96. The van der Waals surface area contributed by atoms with Crippen molar-refractivity contribution in [1.29, 1.82) is 0 Å². The topological polar surface area (TPSA) is 33.7 Å².